The molecule has 2 unspecified atom stereocenters. The lowest BCUT2D eigenvalue weighted by atomic mass is 9.56. The van der Waals surface area contributed by atoms with Gasteiger partial charge < -0.3 is 14.8 Å². The van der Waals surface area contributed by atoms with Crippen LogP contribution in [0, 0.1) is 23.7 Å². The predicted molar refractivity (Wildman–Crippen MR) is 102 cm³/mol. The molecule has 0 spiro atoms. The predicted octanol–water partition coefficient (Wildman–Crippen LogP) is 4.07. The number of carbonyl (C=O) groups is 1. The van der Waals surface area contributed by atoms with E-state index in [1.54, 1.807) is 0 Å². The SMILES string of the molecule is COC1CCC(C2(C3CCC(OC)CC3)NC(=O)C3CCCCC32)CC1. The fourth-order valence-corrected chi connectivity index (χ4v) is 7.11. The molecule has 4 rings (SSSR count). The maximum atomic E-state index is 13.0. The minimum absolute atomic E-state index is 0.0552. The molecule has 3 saturated carbocycles. The summed E-state index contributed by atoms with van der Waals surface area (Å²) in [5.74, 6) is 2.49. The van der Waals surface area contributed by atoms with Crippen LogP contribution in [0.15, 0.2) is 0 Å². The molecular formula is C22H37NO3. The van der Waals surface area contributed by atoms with Crippen LogP contribution in [0.25, 0.3) is 0 Å². The van der Waals surface area contributed by atoms with E-state index >= 15 is 0 Å². The van der Waals surface area contributed by atoms with Crippen LogP contribution >= 0.6 is 0 Å². The molecule has 4 fully saturated rings. The first-order valence-corrected chi connectivity index (χ1v) is 11.1. The topological polar surface area (TPSA) is 47.6 Å². The lowest BCUT2D eigenvalue weighted by Gasteiger charge is -2.52. The number of ether oxygens (including phenoxy) is 2. The van der Waals surface area contributed by atoms with E-state index in [9.17, 15) is 4.79 Å². The number of nitrogens with one attached hydrogen (secondary N) is 1. The van der Waals surface area contributed by atoms with Gasteiger partial charge in [-0.15, -0.1) is 0 Å². The van der Waals surface area contributed by atoms with Gasteiger partial charge >= 0.3 is 0 Å². The standard InChI is InChI=1S/C22H37NO3/c1-25-17-11-7-15(8-12-17)22(16-9-13-18(26-2)14-10-16)20-6-4-3-5-19(20)21(24)23-22/h15-20H,3-14H2,1-2H3,(H,23,24). The van der Waals surface area contributed by atoms with Crippen LogP contribution in [0.5, 0.6) is 0 Å². The Morgan fingerprint density at radius 2 is 1.27 bits per heavy atom. The Morgan fingerprint density at radius 3 is 1.77 bits per heavy atom. The number of fused-ring (bicyclic) bond motifs is 1. The van der Waals surface area contributed by atoms with Crippen molar-refractivity contribution in [3.05, 3.63) is 0 Å². The molecule has 0 aromatic heterocycles. The highest BCUT2D eigenvalue weighted by Crippen LogP contribution is 2.55. The van der Waals surface area contributed by atoms with Gasteiger partial charge in [0.05, 0.1) is 12.2 Å². The first-order valence-electron chi connectivity index (χ1n) is 11.1. The van der Waals surface area contributed by atoms with Crippen LogP contribution < -0.4 is 5.32 Å². The van der Waals surface area contributed by atoms with Crippen molar-refractivity contribution in [2.24, 2.45) is 23.7 Å². The van der Waals surface area contributed by atoms with Gasteiger partial charge in [0, 0.05) is 25.7 Å². The van der Waals surface area contributed by atoms with Crippen LogP contribution in [0.1, 0.15) is 77.0 Å². The summed E-state index contributed by atoms with van der Waals surface area (Å²) in [6, 6.07) is 0. The molecule has 1 saturated heterocycles. The Labute approximate surface area is 158 Å². The Hall–Kier alpha value is -0.610. The molecule has 1 heterocycles. The highest BCUT2D eigenvalue weighted by molar-refractivity contribution is 5.83. The molecule has 2 atom stereocenters. The Kier molecular flexibility index (Phi) is 5.61. The average Bonchev–Trinajstić information content (AvgIpc) is 3.02. The number of carbonyl (C=O) groups excluding carboxylic acids is 1. The fraction of sp³-hybridized carbons (Fsp3) is 0.955. The highest BCUT2D eigenvalue weighted by atomic mass is 16.5. The van der Waals surface area contributed by atoms with Crippen LogP contribution in [0.2, 0.25) is 0 Å². The molecule has 1 aliphatic heterocycles. The molecule has 0 radical (unpaired) electrons. The zero-order chi connectivity index (χ0) is 18.1. The highest BCUT2D eigenvalue weighted by Gasteiger charge is 2.60. The van der Waals surface area contributed by atoms with Crippen molar-refractivity contribution >= 4 is 5.91 Å². The molecule has 0 aromatic rings. The van der Waals surface area contributed by atoms with Crippen molar-refractivity contribution in [1.29, 1.82) is 0 Å². The number of rotatable bonds is 4. The molecule has 1 amide bonds. The van der Waals surface area contributed by atoms with Crippen molar-refractivity contribution in [2.75, 3.05) is 14.2 Å². The minimum atomic E-state index is 0.0552. The summed E-state index contributed by atoms with van der Waals surface area (Å²) in [6.45, 7) is 0. The quantitative estimate of drug-likeness (QED) is 0.819. The summed E-state index contributed by atoms with van der Waals surface area (Å²) < 4.78 is 11.3. The van der Waals surface area contributed by atoms with Crippen molar-refractivity contribution < 1.29 is 14.3 Å². The van der Waals surface area contributed by atoms with Crippen molar-refractivity contribution in [3.8, 4) is 0 Å². The first kappa shape index (κ1) is 18.7. The molecule has 4 aliphatic rings. The van der Waals surface area contributed by atoms with Crippen molar-refractivity contribution in [3.63, 3.8) is 0 Å². The zero-order valence-corrected chi connectivity index (χ0v) is 16.7. The summed E-state index contributed by atoms with van der Waals surface area (Å²) >= 11 is 0. The maximum absolute atomic E-state index is 13.0. The number of hydrogen-bond acceptors (Lipinski definition) is 3. The summed E-state index contributed by atoms with van der Waals surface area (Å²) in [5.41, 5.74) is 0.0552. The molecule has 1 N–H and O–H groups in total. The second-order valence-electron chi connectivity index (χ2n) is 9.34. The summed E-state index contributed by atoms with van der Waals surface area (Å²) in [7, 11) is 3.70. The maximum Gasteiger partial charge on any atom is 0.223 e. The zero-order valence-electron chi connectivity index (χ0n) is 16.7. The Morgan fingerprint density at radius 1 is 0.769 bits per heavy atom. The Bertz CT molecular complexity index is 468. The molecule has 26 heavy (non-hydrogen) atoms. The monoisotopic (exact) mass is 363 g/mol. The van der Waals surface area contributed by atoms with E-state index in [1.165, 1.54) is 44.9 Å². The van der Waals surface area contributed by atoms with E-state index in [0.29, 0.717) is 35.9 Å². The van der Waals surface area contributed by atoms with Crippen LogP contribution in [0.4, 0.5) is 0 Å². The number of methoxy groups -OCH3 is 2. The van der Waals surface area contributed by atoms with Gasteiger partial charge in [-0.25, -0.2) is 0 Å². The Balaban J connectivity index is 1.60. The first-order chi connectivity index (χ1) is 12.7. The van der Waals surface area contributed by atoms with Crippen molar-refractivity contribution in [1.82, 2.24) is 5.32 Å². The van der Waals surface area contributed by atoms with Gasteiger partial charge in [-0.1, -0.05) is 12.8 Å². The lowest BCUT2D eigenvalue weighted by molar-refractivity contribution is -0.124. The largest absolute Gasteiger partial charge is 0.381 e. The molecule has 4 heteroatoms. The van der Waals surface area contributed by atoms with E-state index in [2.05, 4.69) is 5.32 Å². The van der Waals surface area contributed by atoms with Gasteiger partial charge in [0.1, 0.15) is 0 Å². The smallest absolute Gasteiger partial charge is 0.223 e. The van der Waals surface area contributed by atoms with Gasteiger partial charge in [0.25, 0.3) is 0 Å². The van der Waals surface area contributed by atoms with Gasteiger partial charge in [0.15, 0.2) is 0 Å². The molecule has 0 aromatic carbocycles. The van der Waals surface area contributed by atoms with E-state index in [1.807, 2.05) is 14.2 Å². The van der Waals surface area contributed by atoms with E-state index < -0.39 is 0 Å². The van der Waals surface area contributed by atoms with Gasteiger partial charge in [-0.3, -0.25) is 4.79 Å². The van der Waals surface area contributed by atoms with Crippen LogP contribution in [-0.2, 0) is 14.3 Å². The third-order valence-corrected chi connectivity index (χ3v) is 8.42. The van der Waals surface area contributed by atoms with Crippen LogP contribution in [0.3, 0.4) is 0 Å². The second-order valence-corrected chi connectivity index (χ2v) is 9.34. The second kappa shape index (κ2) is 7.79. The molecule has 3 aliphatic carbocycles. The lowest BCUT2D eigenvalue weighted by Crippen LogP contribution is -2.59. The van der Waals surface area contributed by atoms with Gasteiger partial charge in [-0.2, -0.15) is 0 Å². The molecule has 0 bridgehead atoms. The molecule has 4 nitrogen and oxygen atoms in total. The summed E-state index contributed by atoms with van der Waals surface area (Å²) in [4.78, 5) is 13.0. The summed E-state index contributed by atoms with van der Waals surface area (Å²) in [5, 5.41) is 3.69. The van der Waals surface area contributed by atoms with Gasteiger partial charge in [-0.05, 0) is 82.0 Å². The van der Waals surface area contributed by atoms with E-state index in [-0.39, 0.29) is 11.5 Å². The summed E-state index contributed by atoms with van der Waals surface area (Å²) in [6.07, 6.45) is 15.2. The van der Waals surface area contributed by atoms with Gasteiger partial charge in [0.2, 0.25) is 5.91 Å². The molecule has 148 valence electrons. The van der Waals surface area contributed by atoms with Crippen molar-refractivity contribution in [2.45, 2.75) is 94.8 Å². The van der Waals surface area contributed by atoms with E-state index in [0.717, 1.165) is 32.1 Å². The minimum Gasteiger partial charge on any atom is -0.381 e. The number of amides is 1. The van der Waals surface area contributed by atoms with E-state index in [4.69, 9.17) is 9.47 Å². The fourth-order valence-electron chi connectivity index (χ4n) is 7.11. The average molecular weight is 364 g/mol. The normalized spacial score (nSPS) is 46.6. The third kappa shape index (κ3) is 3.11. The van der Waals surface area contributed by atoms with Crippen LogP contribution in [-0.4, -0.2) is 37.9 Å². The number of hydrogen-bond donors (Lipinski definition) is 1. The molecular weight excluding hydrogens is 326 g/mol. The third-order valence-electron chi connectivity index (χ3n) is 8.42.